The first-order chi connectivity index (χ1) is 4.57. The Morgan fingerprint density at radius 3 is 2.10 bits per heavy atom. The second-order valence-electron chi connectivity index (χ2n) is 2.42. The van der Waals surface area contributed by atoms with Gasteiger partial charge >= 0.3 is 0 Å². The normalized spacial score (nSPS) is 14.4. The molecular weight excluding hydrogens is 124 g/mol. The Morgan fingerprint density at radius 1 is 1.50 bits per heavy atom. The molecule has 0 aromatic carbocycles. The number of aliphatic hydroxyl groups is 1. The van der Waals surface area contributed by atoms with Gasteiger partial charge in [-0.25, -0.2) is 0 Å². The van der Waals surface area contributed by atoms with E-state index in [4.69, 9.17) is 5.11 Å². The second kappa shape index (κ2) is 3.94. The molecule has 0 amide bonds. The van der Waals surface area contributed by atoms with Crippen molar-refractivity contribution >= 4 is 0 Å². The molecule has 1 atom stereocenters. The van der Waals surface area contributed by atoms with Gasteiger partial charge < -0.3 is 5.11 Å². The maximum Gasteiger partial charge on any atom is 0.0861 e. The van der Waals surface area contributed by atoms with Crippen molar-refractivity contribution in [3.8, 4) is 0 Å². The first-order valence-electron chi connectivity index (χ1n) is 3.23. The Labute approximate surface area is 62.4 Å². The summed E-state index contributed by atoms with van der Waals surface area (Å²) in [5.74, 6) is 0.415. The molecule has 0 aliphatic rings. The Kier molecular flexibility index (Phi) is 3.55. The highest BCUT2D eigenvalue weighted by atomic mass is 16.3. The third-order valence-electron chi connectivity index (χ3n) is 1.24. The van der Waals surface area contributed by atoms with E-state index in [-0.39, 0.29) is 5.92 Å². The summed E-state index contributed by atoms with van der Waals surface area (Å²) in [6, 6.07) is 0. The molecular formula is C9H14O. The van der Waals surface area contributed by atoms with Gasteiger partial charge in [-0.3, -0.25) is 0 Å². The van der Waals surface area contributed by atoms with Crippen LogP contribution in [-0.4, -0.2) is 5.11 Å². The van der Waals surface area contributed by atoms with Crippen LogP contribution in [0.2, 0.25) is 0 Å². The molecule has 0 fully saturated rings. The van der Waals surface area contributed by atoms with Crippen LogP contribution in [0.3, 0.4) is 0 Å². The molecule has 1 unspecified atom stereocenters. The Bertz CT molecular complexity index is 162. The van der Waals surface area contributed by atoms with E-state index in [0.717, 1.165) is 5.57 Å². The van der Waals surface area contributed by atoms with E-state index in [9.17, 15) is 0 Å². The standard InChI is InChI=1S/C9H14O/c1-5-9(7(2)3)6-8(4)10/h5-6,9-10H,1-2H2,3-4H3. The van der Waals surface area contributed by atoms with Crippen molar-refractivity contribution in [3.05, 3.63) is 36.6 Å². The second-order valence-corrected chi connectivity index (χ2v) is 2.42. The van der Waals surface area contributed by atoms with Gasteiger partial charge in [-0.2, -0.15) is 0 Å². The molecule has 1 heteroatoms. The summed E-state index contributed by atoms with van der Waals surface area (Å²) in [7, 11) is 0. The van der Waals surface area contributed by atoms with Crippen molar-refractivity contribution in [2.45, 2.75) is 13.8 Å². The average Bonchev–Trinajstić information content (AvgIpc) is 1.81. The first kappa shape index (κ1) is 9.02. The maximum absolute atomic E-state index is 8.88. The van der Waals surface area contributed by atoms with Gasteiger partial charge in [0.25, 0.3) is 0 Å². The van der Waals surface area contributed by atoms with Gasteiger partial charge in [0.15, 0.2) is 0 Å². The quantitative estimate of drug-likeness (QED) is 0.469. The van der Waals surface area contributed by atoms with Crippen LogP contribution < -0.4 is 0 Å². The fraction of sp³-hybridized carbons (Fsp3) is 0.333. The molecule has 0 aliphatic heterocycles. The van der Waals surface area contributed by atoms with Gasteiger partial charge in [0, 0.05) is 5.92 Å². The Morgan fingerprint density at radius 2 is 2.00 bits per heavy atom. The lowest BCUT2D eigenvalue weighted by Crippen LogP contribution is -1.92. The van der Waals surface area contributed by atoms with Crippen LogP contribution in [0.1, 0.15) is 13.8 Å². The molecule has 56 valence electrons. The molecule has 0 saturated heterocycles. The molecule has 0 aliphatic carbocycles. The van der Waals surface area contributed by atoms with Crippen LogP contribution in [0.5, 0.6) is 0 Å². The lowest BCUT2D eigenvalue weighted by molar-refractivity contribution is 0.410. The highest BCUT2D eigenvalue weighted by molar-refractivity contribution is 5.14. The van der Waals surface area contributed by atoms with Crippen molar-refractivity contribution in [1.29, 1.82) is 0 Å². The van der Waals surface area contributed by atoms with Crippen LogP contribution in [0, 0.1) is 5.92 Å². The van der Waals surface area contributed by atoms with Gasteiger partial charge in [0.1, 0.15) is 0 Å². The molecule has 1 nitrogen and oxygen atoms in total. The Balaban J connectivity index is 4.23. The van der Waals surface area contributed by atoms with Gasteiger partial charge in [0.2, 0.25) is 0 Å². The van der Waals surface area contributed by atoms with Crippen LogP contribution in [0.4, 0.5) is 0 Å². The van der Waals surface area contributed by atoms with Gasteiger partial charge in [-0.05, 0) is 19.9 Å². The SMILES string of the molecule is C=CC(C=C(C)O)C(=C)C. The van der Waals surface area contributed by atoms with E-state index in [2.05, 4.69) is 13.2 Å². The van der Waals surface area contributed by atoms with Crippen molar-refractivity contribution < 1.29 is 5.11 Å². The maximum atomic E-state index is 8.88. The van der Waals surface area contributed by atoms with Crippen molar-refractivity contribution in [2.75, 3.05) is 0 Å². The van der Waals surface area contributed by atoms with Crippen LogP contribution in [0.15, 0.2) is 36.6 Å². The lowest BCUT2D eigenvalue weighted by Gasteiger charge is -2.05. The average molecular weight is 138 g/mol. The van der Waals surface area contributed by atoms with Crippen LogP contribution >= 0.6 is 0 Å². The number of allylic oxidation sites excluding steroid dienone is 4. The molecule has 0 aromatic rings. The largest absolute Gasteiger partial charge is 0.513 e. The minimum Gasteiger partial charge on any atom is -0.513 e. The highest BCUT2D eigenvalue weighted by Crippen LogP contribution is 2.11. The fourth-order valence-corrected chi connectivity index (χ4v) is 0.671. The predicted molar refractivity (Wildman–Crippen MR) is 44.9 cm³/mol. The molecule has 0 saturated carbocycles. The minimum absolute atomic E-state index is 0.102. The number of rotatable bonds is 3. The first-order valence-corrected chi connectivity index (χ1v) is 3.23. The zero-order valence-corrected chi connectivity index (χ0v) is 6.59. The summed E-state index contributed by atoms with van der Waals surface area (Å²) in [5.41, 5.74) is 0.989. The number of hydrogen-bond donors (Lipinski definition) is 1. The minimum atomic E-state index is 0.102. The van der Waals surface area contributed by atoms with Gasteiger partial charge in [0.05, 0.1) is 5.76 Å². The van der Waals surface area contributed by atoms with Crippen LogP contribution in [-0.2, 0) is 0 Å². The van der Waals surface area contributed by atoms with Crippen molar-refractivity contribution in [3.63, 3.8) is 0 Å². The molecule has 0 heterocycles. The molecule has 0 radical (unpaired) electrons. The zero-order chi connectivity index (χ0) is 8.15. The topological polar surface area (TPSA) is 20.2 Å². The van der Waals surface area contributed by atoms with E-state index in [1.807, 2.05) is 6.92 Å². The molecule has 0 spiro atoms. The highest BCUT2D eigenvalue weighted by Gasteiger charge is 1.99. The fourth-order valence-electron chi connectivity index (χ4n) is 0.671. The van der Waals surface area contributed by atoms with Gasteiger partial charge in [-0.15, -0.1) is 6.58 Å². The molecule has 10 heavy (non-hydrogen) atoms. The van der Waals surface area contributed by atoms with E-state index in [1.54, 1.807) is 19.1 Å². The summed E-state index contributed by atoms with van der Waals surface area (Å²) in [6.07, 6.45) is 3.47. The molecule has 1 N–H and O–H groups in total. The Hall–Kier alpha value is -0.980. The predicted octanol–water partition coefficient (Wildman–Crippen LogP) is 2.83. The monoisotopic (exact) mass is 138 g/mol. The van der Waals surface area contributed by atoms with Crippen LogP contribution in [0.25, 0.3) is 0 Å². The van der Waals surface area contributed by atoms with E-state index >= 15 is 0 Å². The summed E-state index contributed by atoms with van der Waals surface area (Å²) in [5, 5.41) is 8.88. The summed E-state index contributed by atoms with van der Waals surface area (Å²) >= 11 is 0. The lowest BCUT2D eigenvalue weighted by atomic mass is 10.0. The third kappa shape index (κ3) is 3.13. The van der Waals surface area contributed by atoms with E-state index < -0.39 is 0 Å². The summed E-state index contributed by atoms with van der Waals surface area (Å²) in [4.78, 5) is 0. The number of hydrogen-bond acceptors (Lipinski definition) is 1. The van der Waals surface area contributed by atoms with Gasteiger partial charge in [-0.1, -0.05) is 18.2 Å². The van der Waals surface area contributed by atoms with Crippen molar-refractivity contribution in [2.24, 2.45) is 5.92 Å². The molecule has 0 rings (SSSR count). The molecule has 0 aromatic heterocycles. The van der Waals surface area contributed by atoms with E-state index in [1.165, 1.54) is 0 Å². The third-order valence-corrected chi connectivity index (χ3v) is 1.24. The number of aliphatic hydroxyl groups excluding tert-OH is 1. The van der Waals surface area contributed by atoms with E-state index in [0.29, 0.717) is 5.76 Å². The summed E-state index contributed by atoms with van der Waals surface area (Å²) < 4.78 is 0. The molecule has 0 bridgehead atoms. The van der Waals surface area contributed by atoms with Crippen molar-refractivity contribution in [1.82, 2.24) is 0 Å². The smallest absolute Gasteiger partial charge is 0.0861 e. The zero-order valence-electron chi connectivity index (χ0n) is 6.59. The summed E-state index contributed by atoms with van der Waals surface area (Å²) in [6.45, 7) is 10.9.